The largest absolute Gasteiger partial charge is 0.396 e. The number of nitrogens with zero attached hydrogens (tertiary/aromatic N) is 2. The van der Waals surface area contributed by atoms with Gasteiger partial charge in [0.1, 0.15) is 0 Å². The first-order chi connectivity index (χ1) is 8.51. The molecule has 2 aromatic rings. The van der Waals surface area contributed by atoms with Crippen LogP contribution in [0, 0.1) is 0 Å². The summed E-state index contributed by atoms with van der Waals surface area (Å²) >= 11 is 1.53. The number of thiophene rings is 1. The molecule has 0 aliphatic heterocycles. The van der Waals surface area contributed by atoms with Crippen molar-refractivity contribution in [1.82, 2.24) is 9.29 Å². The maximum Gasteiger partial charge on any atom is 0.262 e. The molecule has 0 atom stereocenters. The second kappa shape index (κ2) is 5.05. The van der Waals surface area contributed by atoms with Gasteiger partial charge in [-0.25, -0.2) is 13.4 Å². The molecule has 2 heterocycles. The Balaban J connectivity index is 2.29. The van der Waals surface area contributed by atoms with Crippen molar-refractivity contribution in [2.45, 2.75) is 11.6 Å². The number of hydrogen-bond donors (Lipinski definition) is 1. The van der Waals surface area contributed by atoms with E-state index in [0.717, 1.165) is 5.56 Å². The number of aromatic nitrogens is 1. The minimum Gasteiger partial charge on any atom is -0.396 e. The predicted octanol–water partition coefficient (Wildman–Crippen LogP) is 1.55. The number of hydrogen-bond acceptors (Lipinski definition) is 5. The summed E-state index contributed by atoms with van der Waals surface area (Å²) in [4.78, 5) is 3.85. The van der Waals surface area contributed by atoms with E-state index >= 15 is 0 Å². The van der Waals surface area contributed by atoms with Crippen LogP contribution in [0.1, 0.15) is 5.56 Å². The fraction of sp³-hybridized carbons (Fsp3) is 0.182. The molecule has 0 bridgehead atoms. The first kappa shape index (κ1) is 13.0. The third kappa shape index (κ3) is 2.53. The van der Waals surface area contributed by atoms with E-state index in [9.17, 15) is 8.42 Å². The van der Waals surface area contributed by atoms with Crippen LogP contribution in [0.5, 0.6) is 0 Å². The Labute approximate surface area is 110 Å². The van der Waals surface area contributed by atoms with Crippen molar-refractivity contribution in [2.75, 3.05) is 12.8 Å². The van der Waals surface area contributed by atoms with E-state index in [4.69, 9.17) is 5.73 Å². The normalized spacial score (nSPS) is 11.9. The summed E-state index contributed by atoms with van der Waals surface area (Å²) in [6, 6.07) is 5.02. The Hall–Kier alpha value is -1.44. The maximum atomic E-state index is 12.3. The van der Waals surface area contributed by atoms with Crippen molar-refractivity contribution in [3.8, 4) is 0 Å². The van der Waals surface area contributed by atoms with Crippen LogP contribution in [-0.4, -0.2) is 24.8 Å². The summed E-state index contributed by atoms with van der Waals surface area (Å²) in [5.41, 5.74) is 6.76. The van der Waals surface area contributed by atoms with Crippen LogP contribution >= 0.6 is 11.3 Å². The lowest BCUT2D eigenvalue weighted by atomic mass is 10.3. The van der Waals surface area contributed by atoms with Gasteiger partial charge in [-0.1, -0.05) is 0 Å². The molecule has 0 fully saturated rings. The molecule has 5 nitrogen and oxygen atoms in total. The van der Waals surface area contributed by atoms with Crippen molar-refractivity contribution < 1.29 is 8.42 Å². The molecule has 0 unspecified atom stereocenters. The molecule has 18 heavy (non-hydrogen) atoms. The lowest BCUT2D eigenvalue weighted by Gasteiger charge is -2.16. The Bertz CT molecular complexity index is 623. The van der Waals surface area contributed by atoms with Gasteiger partial charge in [0.2, 0.25) is 0 Å². The van der Waals surface area contributed by atoms with Crippen molar-refractivity contribution in [2.24, 2.45) is 0 Å². The third-order valence-corrected chi connectivity index (χ3v) is 4.95. The maximum absolute atomic E-state index is 12.3. The van der Waals surface area contributed by atoms with Crippen molar-refractivity contribution >= 4 is 27.0 Å². The van der Waals surface area contributed by atoms with Gasteiger partial charge in [0.05, 0.1) is 5.69 Å². The average Bonchev–Trinajstić information content (AvgIpc) is 2.82. The molecule has 0 amide bonds. The Morgan fingerprint density at radius 2 is 2.22 bits per heavy atom. The molecule has 96 valence electrons. The van der Waals surface area contributed by atoms with Crippen LogP contribution in [0.15, 0.2) is 40.2 Å². The summed E-state index contributed by atoms with van der Waals surface area (Å²) in [6.07, 6.45) is 1.42. The minimum atomic E-state index is -3.64. The van der Waals surface area contributed by atoms with Crippen molar-refractivity contribution in [1.29, 1.82) is 0 Å². The molecule has 0 saturated heterocycles. The van der Waals surface area contributed by atoms with E-state index in [-0.39, 0.29) is 10.7 Å². The van der Waals surface area contributed by atoms with Crippen LogP contribution < -0.4 is 5.73 Å². The number of sulfonamides is 1. The highest BCUT2D eigenvalue weighted by molar-refractivity contribution is 7.89. The summed E-state index contributed by atoms with van der Waals surface area (Å²) < 4.78 is 25.8. The fourth-order valence-corrected chi connectivity index (χ4v) is 3.33. The fourth-order valence-electron chi connectivity index (χ4n) is 1.49. The van der Waals surface area contributed by atoms with Gasteiger partial charge in [-0.2, -0.15) is 15.6 Å². The average molecular weight is 283 g/mol. The number of anilines is 1. The van der Waals surface area contributed by atoms with Crippen LogP contribution in [0.4, 0.5) is 5.69 Å². The summed E-state index contributed by atoms with van der Waals surface area (Å²) in [7, 11) is -2.13. The van der Waals surface area contributed by atoms with Crippen LogP contribution in [0.2, 0.25) is 0 Å². The smallest absolute Gasteiger partial charge is 0.262 e. The highest BCUT2D eigenvalue weighted by Gasteiger charge is 2.24. The van der Waals surface area contributed by atoms with Crippen LogP contribution in [0.25, 0.3) is 0 Å². The van der Waals surface area contributed by atoms with Gasteiger partial charge in [-0.05, 0) is 34.5 Å². The Morgan fingerprint density at radius 3 is 2.83 bits per heavy atom. The monoisotopic (exact) mass is 283 g/mol. The standard InChI is InChI=1S/C11H13N3O2S2/c1-14(7-9-4-6-17-8-9)18(15,16)11-10(12)3-2-5-13-11/h2-6,8H,7,12H2,1H3. The van der Waals surface area contributed by atoms with E-state index in [1.807, 2.05) is 16.8 Å². The number of nitrogen functional groups attached to an aromatic ring is 1. The van der Waals surface area contributed by atoms with Gasteiger partial charge < -0.3 is 5.73 Å². The first-order valence-electron chi connectivity index (χ1n) is 5.19. The zero-order valence-electron chi connectivity index (χ0n) is 9.78. The molecule has 2 rings (SSSR count). The highest BCUT2D eigenvalue weighted by atomic mass is 32.2. The van der Waals surface area contributed by atoms with Crippen LogP contribution in [0.3, 0.4) is 0 Å². The molecule has 0 radical (unpaired) electrons. The number of nitrogens with two attached hydrogens (primary N) is 1. The molecule has 0 aliphatic carbocycles. The SMILES string of the molecule is CN(Cc1ccsc1)S(=O)(=O)c1ncccc1N. The predicted molar refractivity (Wildman–Crippen MR) is 71.6 cm³/mol. The molecule has 0 saturated carbocycles. The molecular weight excluding hydrogens is 270 g/mol. The molecule has 7 heteroatoms. The molecule has 0 aromatic carbocycles. The minimum absolute atomic E-state index is 0.0947. The van der Waals surface area contributed by atoms with Crippen LogP contribution in [-0.2, 0) is 16.6 Å². The van der Waals surface area contributed by atoms with E-state index in [1.54, 1.807) is 6.07 Å². The second-order valence-corrected chi connectivity index (χ2v) is 6.53. The van der Waals surface area contributed by atoms with Gasteiger partial charge in [0.15, 0.2) is 5.03 Å². The van der Waals surface area contributed by atoms with Crippen molar-refractivity contribution in [3.63, 3.8) is 0 Å². The van der Waals surface area contributed by atoms with E-state index in [2.05, 4.69) is 4.98 Å². The molecular formula is C11H13N3O2S2. The Kier molecular flexibility index (Phi) is 3.65. The van der Waals surface area contributed by atoms with Gasteiger partial charge in [-0.15, -0.1) is 0 Å². The first-order valence-corrected chi connectivity index (χ1v) is 7.58. The third-order valence-electron chi connectivity index (χ3n) is 2.44. The Morgan fingerprint density at radius 1 is 1.44 bits per heavy atom. The van der Waals surface area contributed by atoms with Gasteiger partial charge >= 0.3 is 0 Å². The molecule has 2 N–H and O–H groups in total. The summed E-state index contributed by atoms with van der Waals surface area (Å²) in [6.45, 7) is 0.307. The molecule has 0 aliphatic rings. The lowest BCUT2D eigenvalue weighted by molar-refractivity contribution is 0.465. The molecule has 0 spiro atoms. The van der Waals surface area contributed by atoms with E-state index in [1.165, 1.54) is 35.0 Å². The molecule has 2 aromatic heterocycles. The van der Waals surface area contributed by atoms with Gasteiger partial charge in [-0.3, -0.25) is 0 Å². The quantitative estimate of drug-likeness (QED) is 0.923. The highest BCUT2D eigenvalue weighted by Crippen LogP contribution is 2.20. The van der Waals surface area contributed by atoms with E-state index < -0.39 is 10.0 Å². The summed E-state index contributed by atoms with van der Waals surface area (Å²) in [5.74, 6) is 0. The topological polar surface area (TPSA) is 76.3 Å². The second-order valence-electron chi connectivity index (χ2n) is 3.79. The number of rotatable bonds is 4. The number of pyridine rings is 1. The van der Waals surface area contributed by atoms with Crippen molar-refractivity contribution in [3.05, 3.63) is 40.7 Å². The van der Waals surface area contributed by atoms with Gasteiger partial charge in [0.25, 0.3) is 10.0 Å². The van der Waals surface area contributed by atoms with Gasteiger partial charge in [0, 0.05) is 19.8 Å². The van der Waals surface area contributed by atoms with E-state index in [0.29, 0.717) is 6.54 Å². The zero-order chi connectivity index (χ0) is 13.2. The summed E-state index contributed by atoms with van der Waals surface area (Å²) in [5, 5.41) is 3.72. The zero-order valence-corrected chi connectivity index (χ0v) is 11.4. The lowest BCUT2D eigenvalue weighted by Crippen LogP contribution is -2.27.